The topological polar surface area (TPSA) is 55.4 Å². The second-order valence-electron chi connectivity index (χ2n) is 4.21. The zero-order valence-electron chi connectivity index (χ0n) is 11.1. The van der Waals surface area contributed by atoms with Gasteiger partial charge >= 0.3 is 0 Å². The number of ether oxygens (including phenoxy) is 1. The molecule has 0 unspecified atom stereocenters. The van der Waals surface area contributed by atoms with Gasteiger partial charge in [0.05, 0.1) is 3.79 Å². The first-order valence-corrected chi connectivity index (χ1v) is 9.49. The third-order valence-electron chi connectivity index (χ3n) is 2.60. The number of hydrogen-bond donors (Lipinski definition) is 1. The summed E-state index contributed by atoms with van der Waals surface area (Å²) in [7, 11) is -3.47. The van der Waals surface area contributed by atoms with Crippen LogP contribution in [0.25, 0.3) is 0 Å². The summed E-state index contributed by atoms with van der Waals surface area (Å²) in [6.45, 7) is 2.32. The van der Waals surface area contributed by atoms with Gasteiger partial charge in [0.25, 0.3) is 0 Å². The lowest BCUT2D eigenvalue weighted by Gasteiger charge is -2.10. The molecule has 1 aromatic carbocycles. The van der Waals surface area contributed by atoms with Gasteiger partial charge in [-0.2, -0.15) is 0 Å². The molecule has 0 radical (unpaired) electrons. The van der Waals surface area contributed by atoms with Crippen LogP contribution in [0.1, 0.15) is 5.56 Å². The molecule has 1 N–H and O–H groups in total. The maximum Gasteiger partial charge on any atom is 0.250 e. The number of thiophene rings is 1. The molecule has 0 amide bonds. The minimum Gasteiger partial charge on any atom is -0.492 e. The molecule has 0 saturated carbocycles. The van der Waals surface area contributed by atoms with E-state index in [0.29, 0.717) is 10.8 Å². The normalized spacial score (nSPS) is 11.6. The minimum absolute atomic E-state index is 0.194. The summed E-state index contributed by atoms with van der Waals surface area (Å²) < 4.78 is 33.0. The van der Waals surface area contributed by atoms with E-state index >= 15 is 0 Å². The van der Waals surface area contributed by atoms with E-state index in [9.17, 15) is 8.42 Å². The average molecular weight is 411 g/mol. The van der Waals surface area contributed by atoms with E-state index in [2.05, 4.69) is 20.7 Å². The van der Waals surface area contributed by atoms with Crippen molar-refractivity contribution in [1.82, 2.24) is 4.72 Å². The van der Waals surface area contributed by atoms with Crippen molar-refractivity contribution in [1.29, 1.82) is 0 Å². The Bertz CT molecular complexity index is 731. The van der Waals surface area contributed by atoms with Crippen LogP contribution < -0.4 is 9.46 Å². The van der Waals surface area contributed by atoms with Gasteiger partial charge in [0.15, 0.2) is 0 Å². The predicted octanol–water partition coefficient (Wildman–Crippen LogP) is 3.83. The van der Waals surface area contributed by atoms with Crippen molar-refractivity contribution in [2.24, 2.45) is 0 Å². The number of sulfonamides is 1. The standard InChI is InChI=1S/C13H13BrClNO3S2/c1-9-8-10(15)2-3-11(9)19-7-6-16-21(17,18)13-5-4-12(14)20-13/h2-5,8,16H,6-7H2,1H3. The van der Waals surface area contributed by atoms with Crippen LogP contribution >= 0.6 is 38.9 Å². The quantitative estimate of drug-likeness (QED) is 0.736. The Labute approximate surface area is 141 Å². The SMILES string of the molecule is Cc1cc(Cl)ccc1OCCNS(=O)(=O)c1ccc(Br)s1. The third kappa shape index (κ3) is 4.69. The predicted molar refractivity (Wildman–Crippen MR) is 88.9 cm³/mol. The van der Waals surface area contributed by atoms with Gasteiger partial charge in [-0.05, 0) is 58.7 Å². The van der Waals surface area contributed by atoms with Crippen molar-refractivity contribution < 1.29 is 13.2 Å². The molecular weight excluding hydrogens is 398 g/mol. The van der Waals surface area contributed by atoms with Crippen LogP contribution in [-0.4, -0.2) is 21.6 Å². The molecule has 0 spiro atoms. The fraction of sp³-hybridized carbons (Fsp3) is 0.231. The highest BCUT2D eigenvalue weighted by Gasteiger charge is 2.15. The molecule has 0 aliphatic heterocycles. The molecule has 0 aliphatic rings. The zero-order chi connectivity index (χ0) is 15.5. The van der Waals surface area contributed by atoms with Crippen molar-refractivity contribution >= 4 is 48.9 Å². The molecule has 0 fully saturated rings. The molecule has 114 valence electrons. The van der Waals surface area contributed by atoms with Crippen LogP contribution in [0.5, 0.6) is 5.75 Å². The molecule has 0 bridgehead atoms. The lowest BCUT2D eigenvalue weighted by Crippen LogP contribution is -2.27. The summed E-state index contributed by atoms with van der Waals surface area (Å²) in [5.74, 6) is 0.692. The lowest BCUT2D eigenvalue weighted by atomic mass is 10.2. The Kier molecular flexibility index (Phi) is 5.67. The monoisotopic (exact) mass is 409 g/mol. The lowest BCUT2D eigenvalue weighted by molar-refractivity contribution is 0.321. The van der Waals surface area contributed by atoms with Gasteiger partial charge < -0.3 is 4.74 Å². The molecule has 1 aromatic heterocycles. The van der Waals surface area contributed by atoms with Gasteiger partial charge in [-0.15, -0.1) is 11.3 Å². The summed E-state index contributed by atoms with van der Waals surface area (Å²) >= 11 is 10.3. The third-order valence-corrected chi connectivity index (χ3v) is 6.41. The highest BCUT2D eigenvalue weighted by molar-refractivity contribution is 9.11. The zero-order valence-corrected chi connectivity index (χ0v) is 15.1. The van der Waals surface area contributed by atoms with Crippen LogP contribution in [0.4, 0.5) is 0 Å². The number of nitrogens with one attached hydrogen (secondary N) is 1. The van der Waals surface area contributed by atoms with Crippen molar-refractivity contribution in [3.63, 3.8) is 0 Å². The number of hydrogen-bond acceptors (Lipinski definition) is 4. The first-order valence-electron chi connectivity index (χ1n) is 6.02. The van der Waals surface area contributed by atoms with Crippen molar-refractivity contribution in [3.8, 4) is 5.75 Å². The minimum atomic E-state index is -3.47. The maximum absolute atomic E-state index is 12.0. The van der Waals surface area contributed by atoms with E-state index in [1.54, 1.807) is 30.3 Å². The number of aryl methyl sites for hydroxylation is 1. The van der Waals surface area contributed by atoms with E-state index < -0.39 is 10.0 Å². The van der Waals surface area contributed by atoms with Gasteiger partial charge in [0.2, 0.25) is 10.0 Å². The number of benzene rings is 1. The first kappa shape index (κ1) is 16.8. The summed E-state index contributed by atoms with van der Waals surface area (Å²) in [4.78, 5) is 0. The van der Waals surface area contributed by atoms with Gasteiger partial charge in [0, 0.05) is 11.6 Å². The van der Waals surface area contributed by atoms with E-state index in [1.165, 1.54) is 0 Å². The Hall–Kier alpha value is -0.600. The largest absolute Gasteiger partial charge is 0.492 e. The number of halogens is 2. The Balaban J connectivity index is 1.87. The van der Waals surface area contributed by atoms with Gasteiger partial charge in [-0.25, -0.2) is 13.1 Å². The van der Waals surface area contributed by atoms with Crippen LogP contribution in [0.15, 0.2) is 38.3 Å². The van der Waals surface area contributed by atoms with Gasteiger partial charge in [0.1, 0.15) is 16.6 Å². The molecule has 4 nitrogen and oxygen atoms in total. The van der Waals surface area contributed by atoms with Crippen LogP contribution in [0.3, 0.4) is 0 Å². The highest BCUT2D eigenvalue weighted by Crippen LogP contribution is 2.25. The second-order valence-corrected chi connectivity index (χ2v) is 9.11. The maximum atomic E-state index is 12.0. The van der Waals surface area contributed by atoms with E-state index in [-0.39, 0.29) is 17.4 Å². The van der Waals surface area contributed by atoms with Crippen molar-refractivity contribution in [2.45, 2.75) is 11.1 Å². The van der Waals surface area contributed by atoms with Gasteiger partial charge in [-0.3, -0.25) is 0 Å². The van der Waals surface area contributed by atoms with Crippen molar-refractivity contribution in [2.75, 3.05) is 13.2 Å². The summed E-state index contributed by atoms with van der Waals surface area (Å²) in [5, 5.41) is 0.642. The Morgan fingerprint density at radius 2 is 2.10 bits per heavy atom. The summed E-state index contributed by atoms with van der Waals surface area (Å²) in [6.07, 6.45) is 0. The summed E-state index contributed by atoms with van der Waals surface area (Å²) in [6, 6.07) is 8.55. The highest BCUT2D eigenvalue weighted by atomic mass is 79.9. The Morgan fingerprint density at radius 3 is 2.71 bits per heavy atom. The van der Waals surface area contributed by atoms with E-state index in [0.717, 1.165) is 20.7 Å². The molecule has 0 saturated heterocycles. The first-order chi connectivity index (χ1) is 9.88. The molecule has 0 aliphatic carbocycles. The molecule has 2 aromatic rings. The average Bonchev–Trinajstić information content (AvgIpc) is 2.84. The molecule has 0 atom stereocenters. The fourth-order valence-corrected chi connectivity index (χ4v) is 4.92. The smallest absolute Gasteiger partial charge is 0.250 e. The molecule has 8 heteroatoms. The van der Waals surface area contributed by atoms with E-state index in [4.69, 9.17) is 16.3 Å². The van der Waals surface area contributed by atoms with Gasteiger partial charge in [-0.1, -0.05) is 11.6 Å². The van der Waals surface area contributed by atoms with Crippen LogP contribution in [-0.2, 0) is 10.0 Å². The summed E-state index contributed by atoms with van der Waals surface area (Å²) in [5.41, 5.74) is 0.910. The van der Waals surface area contributed by atoms with E-state index in [1.807, 2.05) is 6.92 Å². The van der Waals surface area contributed by atoms with Crippen LogP contribution in [0, 0.1) is 6.92 Å². The fourth-order valence-electron chi connectivity index (χ4n) is 1.63. The Morgan fingerprint density at radius 1 is 1.33 bits per heavy atom. The molecule has 1 heterocycles. The van der Waals surface area contributed by atoms with Crippen molar-refractivity contribution in [3.05, 3.63) is 44.7 Å². The van der Waals surface area contributed by atoms with Crippen LogP contribution in [0.2, 0.25) is 5.02 Å². The molecule has 21 heavy (non-hydrogen) atoms. The second kappa shape index (κ2) is 7.11. The molecular formula is C13H13BrClNO3S2. The molecule has 2 rings (SSSR count). The number of rotatable bonds is 6.